The number of carbonyl (C=O) groups excluding carboxylic acids is 1. The largest absolute Gasteiger partial charge is 0.387 e. The zero-order valence-electron chi connectivity index (χ0n) is 14.7. The molecule has 138 valence electrons. The quantitative estimate of drug-likeness (QED) is 0.796. The van der Waals surface area contributed by atoms with Crippen molar-refractivity contribution in [2.75, 3.05) is 45.8 Å². The normalized spacial score (nSPS) is 31.7. The van der Waals surface area contributed by atoms with Crippen LogP contribution in [-0.4, -0.2) is 98.4 Å². The van der Waals surface area contributed by atoms with Crippen molar-refractivity contribution in [2.45, 2.75) is 43.7 Å². The molecule has 3 aliphatic heterocycles. The highest BCUT2D eigenvalue weighted by Gasteiger charge is 2.45. The van der Waals surface area contributed by atoms with Gasteiger partial charge in [-0.3, -0.25) is 19.7 Å². The van der Waals surface area contributed by atoms with Crippen LogP contribution in [0, 0.1) is 0 Å². The summed E-state index contributed by atoms with van der Waals surface area (Å²) in [7, 11) is 0. The van der Waals surface area contributed by atoms with Gasteiger partial charge in [-0.05, 0) is 38.8 Å². The number of hydrogen-bond acceptors (Lipinski definition) is 6. The highest BCUT2D eigenvalue weighted by Crippen LogP contribution is 2.34. The summed E-state index contributed by atoms with van der Waals surface area (Å²) in [5.41, 5.74) is -0.601. The third kappa shape index (κ3) is 3.43. The van der Waals surface area contributed by atoms with Crippen LogP contribution in [0.3, 0.4) is 0 Å². The van der Waals surface area contributed by atoms with Crippen molar-refractivity contribution < 1.29 is 9.90 Å². The second kappa shape index (κ2) is 7.01. The molecule has 3 fully saturated rings. The van der Waals surface area contributed by atoms with Crippen molar-refractivity contribution in [3.05, 3.63) is 12.2 Å². The van der Waals surface area contributed by atoms with Gasteiger partial charge in [0, 0.05) is 38.8 Å². The highest BCUT2D eigenvalue weighted by molar-refractivity contribution is 5.90. The molecule has 0 aliphatic carbocycles. The number of nitrogens with zero attached hydrogens (tertiary/aromatic N) is 5. The third-order valence-electron chi connectivity index (χ3n) is 6.06. The lowest BCUT2D eigenvalue weighted by Crippen LogP contribution is -2.64. The molecular weight excluding hydrogens is 320 g/mol. The Kier molecular flexibility index (Phi) is 4.75. The van der Waals surface area contributed by atoms with E-state index in [0.29, 0.717) is 25.0 Å². The summed E-state index contributed by atoms with van der Waals surface area (Å²) in [6.07, 6.45) is 6.93. The molecule has 0 spiro atoms. The van der Waals surface area contributed by atoms with Crippen LogP contribution >= 0.6 is 0 Å². The molecule has 1 amide bonds. The monoisotopic (exact) mass is 348 g/mol. The summed E-state index contributed by atoms with van der Waals surface area (Å²) >= 11 is 0. The molecule has 0 bridgehead atoms. The number of H-pyrrole nitrogens is 1. The minimum absolute atomic E-state index is 0.0908. The van der Waals surface area contributed by atoms with Gasteiger partial charge in [-0.1, -0.05) is 6.42 Å². The molecular formula is C17H28N6O2. The first kappa shape index (κ1) is 16.9. The number of rotatable bonds is 3. The smallest absolute Gasteiger partial charge is 0.291 e. The van der Waals surface area contributed by atoms with E-state index >= 15 is 0 Å². The number of nitrogens with one attached hydrogen (secondary N) is 1. The van der Waals surface area contributed by atoms with E-state index in [4.69, 9.17) is 0 Å². The summed E-state index contributed by atoms with van der Waals surface area (Å²) < 4.78 is 0. The van der Waals surface area contributed by atoms with Gasteiger partial charge in [-0.25, -0.2) is 4.98 Å². The second-order valence-electron chi connectivity index (χ2n) is 7.66. The Morgan fingerprint density at radius 2 is 2.00 bits per heavy atom. The van der Waals surface area contributed by atoms with Crippen LogP contribution in [0.2, 0.25) is 0 Å². The minimum atomic E-state index is -0.601. The summed E-state index contributed by atoms with van der Waals surface area (Å²) in [6, 6.07) is 0.309. The SMILES string of the molecule is O=C(c1ncn[nH]1)N1CCN(C[C@]2(O)CCCN3CCCC[C@@H]32)CC1. The molecule has 4 heterocycles. The summed E-state index contributed by atoms with van der Waals surface area (Å²) in [5.74, 6) is 0.212. The summed E-state index contributed by atoms with van der Waals surface area (Å²) in [5, 5.41) is 17.7. The Balaban J connectivity index is 1.34. The number of amides is 1. The fraction of sp³-hybridized carbons (Fsp3) is 0.824. The molecule has 1 aromatic rings. The lowest BCUT2D eigenvalue weighted by molar-refractivity contribution is -0.111. The first-order valence-electron chi connectivity index (χ1n) is 9.49. The van der Waals surface area contributed by atoms with Gasteiger partial charge in [0.05, 0.1) is 5.60 Å². The zero-order valence-corrected chi connectivity index (χ0v) is 14.7. The maximum absolute atomic E-state index is 12.3. The molecule has 0 aromatic carbocycles. The molecule has 1 aromatic heterocycles. The van der Waals surface area contributed by atoms with Gasteiger partial charge in [-0.15, -0.1) is 0 Å². The lowest BCUT2D eigenvalue weighted by Gasteiger charge is -2.51. The van der Waals surface area contributed by atoms with Gasteiger partial charge < -0.3 is 10.0 Å². The Bertz CT molecular complexity index is 584. The number of piperazine rings is 1. The molecule has 25 heavy (non-hydrogen) atoms. The van der Waals surface area contributed by atoms with Crippen molar-refractivity contribution in [1.29, 1.82) is 0 Å². The van der Waals surface area contributed by atoms with Crippen LogP contribution in [0.15, 0.2) is 6.33 Å². The zero-order chi connectivity index (χ0) is 17.3. The van der Waals surface area contributed by atoms with Crippen LogP contribution in [0.1, 0.15) is 42.7 Å². The van der Waals surface area contributed by atoms with E-state index < -0.39 is 5.60 Å². The number of carbonyl (C=O) groups is 1. The Morgan fingerprint density at radius 1 is 1.20 bits per heavy atom. The van der Waals surface area contributed by atoms with E-state index in [1.807, 2.05) is 4.90 Å². The lowest BCUT2D eigenvalue weighted by atomic mass is 9.79. The average molecular weight is 348 g/mol. The van der Waals surface area contributed by atoms with Gasteiger partial charge in [0.25, 0.3) is 5.91 Å². The average Bonchev–Trinajstić information content (AvgIpc) is 3.17. The molecule has 8 heteroatoms. The molecule has 0 radical (unpaired) electrons. The van der Waals surface area contributed by atoms with Crippen LogP contribution in [-0.2, 0) is 0 Å². The van der Waals surface area contributed by atoms with Crippen LogP contribution in [0.5, 0.6) is 0 Å². The number of aromatic nitrogens is 3. The van der Waals surface area contributed by atoms with E-state index in [1.165, 1.54) is 19.2 Å². The first-order valence-corrected chi connectivity index (χ1v) is 9.49. The standard InChI is InChI=1S/C17H28N6O2/c24-16(15-18-13-19-20-15)23-10-8-21(9-11-23)12-17(25)5-3-7-22-6-2-1-4-14(17)22/h13-14,25H,1-12H2,(H,18,19,20)/t14-,17-/m1/s1. The molecule has 8 nitrogen and oxygen atoms in total. The fourth-order valence-corrected chi connectivity index (χ4v) is 4.76. The Labute approximate surface area is 148 Å². The first-order chi connectivity index (χ1) is 12.2. The number of piperidine rings is 2. The Morgan fingerprint density at radius 3 is 2.76 bits per heavy atom. The van der Waals surface area contributed by atoms with Crippen LogP contribution in [0.25, 0.3) is 0 Å². The number of β-amino-alcohol motifs (C(OH)–C–C–N with tert-alkyl or cyclic N) is 1. The molecule has 3 aliphatic rings. The van der Waals surface area contributed by atoms with E-state index in [1.54, 1.807) is 0 Å². The second-order valence-corrected chi connectivity index (χ2v) is 7.66. The molecule has 0 saturated carbocycles. The van der Waals surface area contributed by atoms with Gasteiger partial charge in [0.2, 0.25) is 5.82 Å². The van der Waals surface area contributed by atoms with E-state index in [-0.39, 0.29) is 5.91 Å². The topological polar surface area (TPSA) is 88.6 Å². The maximum atomic E-state index is 12.3. The Hall–Kier alpha value is -1.51. The van der Waals surface area contributed by atoms with Crippen molar-refractivity contribution >= 4 is 5.91 Å². The highest BCUT2D eigenvalue weighted by atomic mass is 16.3. The molecule has 3 saturated heterocycles. The van der Waals surface area contributed by atoms with E-state index in [2.05, 4.69) is 25.0 Å². The number of aliphatic hydroxyl groups is 1. The predicted octanol–water partition coefficient (Wildman–Crippen LogP) is -0.0581. The predicted molar refractivity (Wildman–Crippen MR) is 92.1 cm³/mol. The van der Waals surface area contributed by atoms with Crippen molar-refractivity contribution in [2.24, 2.45) is 0 Å². The van der Waals surface area contributed by atoms with Gasteiger partial charge in [0.1, 0.15) is 6.33 Å². The fourth-order valence-electron chi connectivity index (χ4n) is 4.76. The molecule has 4 rings (SSSR count). The van der Waals surface area contributed by atoms with E-state index in [9.17, 15) is 9.90 Å². The molecule has 2 N–H and O–H groups in total. The van der Waals surface area contributed by atoms with Gasteiger partial charge in [-0.2, -0.15) is 5.10 Å². The summed E-state index contributed by atoms with van der Waals surface area (Å²) in [4.78, 5) is 22.9. The van der Waals surface area contributed by atoms with Gasteiger partial charge >= 0.3 is 0 Å². The maximum Gasteiger partial charge on any atom is 0.291 e. The van der Waals surface area contributed by atoms with Crippen molar-refractivity contribution in [3.8, 4) is 0 Å². The number of fused-ring (bicyclic) bond motifs is 1. The molecule has 0 unspecified atom stereocenters. The van der Waals surface area contributed by atoms with Crippen LogP contribution in [0.4, 0.5) is 0 Å². The number of aromatic amines is 1. The third-order valence-corrected chi connectivity index (χ3v) is 6.06. The van der Waals surface area contributed by atoms with E-state index in [0.717, 1.165) is 52.0 Å². The van der Waals surface area contributed by atoms with Crippen LogP contribution < -0.4 is 0 Å². The van der Waals surface area contributed by atoms with Crippen molar-refractivity contribution in [3.63, 3.8) is 0 Å². The van der Waals surface area contributed by atoms with Crippen molar-refractivity contribution in [1.82, 2.24) is 29.9 Å². The minimum Gasteiger partial charge on any atom is -0.387 e. The summed E-state index contributed by atoms with van der Waals surface area (Å²) in [6.45, 7) is 5.93. The number of hydrogen-bond donors (Lipinski definition) is 2. The molecule has 2 atom stereocenters. The van der Waals surface area contributed by atoms with Gasteiger partial charge in [0.15, 0.2) is 0 Å².